The molecule has 4 heteroatoms. The number of nitrogens with one attached hydrogen (secondary N) is 1. The van der Waals surface area contributed by atoms with Crippen molar-refractivity contribution in [3.8, 4) is 0 Å². The monoisotopic (exact) mass is 223 g/mol. The molecule has 0 bridgehead atoms. The van der Waals surface area contributed by atoms with Crippen LogP contribution in [0.4, 0.5) is 11.4 Å². The maximum Gasteiger partial charge on any atom is 0.0767 e. The fourth-order valence-corrected chi connectivity index (χ4v) is 1.57. The third-order valence-corrected chi connectivity index (χ3v) is 2.50. The lowest BCUT2D eigenvalue weighted by Gasteiger charge is -2.22. The van der Waals surface area contributed by atoms with Gasteiger partial charge in [0, 0.05) is 33.4 Å². The molecule has 0 aliphatic heterocycles. The summed E-state index contributed by atoms with van der Waals surface area (Å²) in [5.41, 5.74) is 2.20. The van der Waals surface area contributed by atoms with Gasteiger partial charge in [-0.3, -0.25) is 4.98 Å². The Morgan fingerprint density at radius 1 is 1.50 bits per heavy atom. The molecule has 16 heavy (non-hydrogen) atoms. The van der Waals surface area contributed by atoms with Crippen LogP contribution in [0.15, 0.2) is 18.5 Å². The first-order valence-electron chi connectivity index (χ1n) is 5.55. The molecule has 0 fully saturated rings. The predicted molar refractivity (Wildman–Crippen MR) is 68.1 cm³/mol. The van der Waals surface area contributed by atoms with Crippen LogP contribution in [-0.4, -0.2) is 38.8 Å². The number of ether oxygens (including phenoxy) is 1. The van der Waals surface area contributed by atoms with E-state index in [-0.39, 0.29) is 0 Å². The van der Waals surface area contributed by atoms with Gasteiger partial charge in [-0.25, -0.2) is 0 Å². The smallest absolute Gasteiger partial charge is 0.0767 e. The Labute approximate surface area is 97.6 Å². The Hall–Kier alpha value is -1.29. The van der Waals surface area contributed by atoms with Crippen molar-refractivity contribution in [1.29, 1.82) is 0 Å². The fourth-order valence-electron chi connectivity index (χ4n) is 1.57. The number of hydrogen-bond acceptors (Lipinski definition) is 4. The predicted octanol–water partition coefficient (Wildman–Crippen LogP) is 1.98. The molecule has 0 amide bonds. The van der Waals surface area contributed by atoms with E-state index < -0.39 is 0 Å². The van der Waals surface area contributed by atoms with Crippen LogP contribution >= 0.6 is 0 Å². The van der Waals surface area contributed by atoms with Gasteiger partial charge in [-0.15, -0.1) is 0 Å². The highest BCUT2D eigenvalue weighted by Gasteiger charge is 2.09. The molecule has 90 valence electrons. The molecule has 1 rings (SSSR count). The lowest BCUT2D eigenvalue weighted by molar-refractivity contribution is 0.184. The molecule has 1 atom stereocenters. The molecule has 0 aromatic carbocycles. The molecule has 1 unspecified atom stereocenters. The fraction of sp³-hybridized carbons (Fsp3) is 0.583. The van der Waals surface area contributed by atoms with Crippen LogP contribution in [0, 0.1) is 0 Å². The minimum Gasteiger partial charge on any atom is -0.383 e. The Morgan fingerprint density at radius 2 is 2.25 bits per heavy atom. The zero-order chi connectivity index (χ0) is 12.0. The highest BCUT2D eigenvalue weighted by molar-refractivity contribution is 5.68. The van der Waals surface area contributed by atoms with E-state index in [0.29, 0.717) is 12.6 Å². The third kappa shape index (κ3) is 3.38. The maximum atomic E-state index is 5.17. The summed E-state index contributed by atoms with van der Waals surface area (Å²) in [6.07, 6.45) is 4.68. The van der Waals surface area contributed by atoms with E-state index in [1.165, 1.54) is 0 Å². The van der Waals surface area contributed by atoms with Crippen molar-refractivity contribution in [1.82, 2.24) is 4.98 Å². The second-order valence-corrected chi connectivity index (χ2v) is 3.99. The summed E-state index contributed by atoms with van der Waals surface area (Å²) in [7, 11) is 5.77. The highest BCUT2D eigenvalue weighted by atomic mass is 16.5. The van der Waals surface area contributed by atoms with E-state index in [2.05, 4.69) is 22.1 Å². The van der Waals surface area contributed by atoms with Gasteiger partial charge in [0.15, 0.2) is 0 Å². The quantitative estimate of drug-likeness (QED) is 0.800. The summed E-state index contributed by atoms with van der Waals surface area (Å²) < 4.78 is 5.17. The minimum atomic E-state index is 0.327. The van der Waals surface area contributed by atoms with Crippen molar-refractivity contribution in [2.45, 2.75) is 19.4 Å². The van der Waals surface area contributed by atoms with Crippen molar-refractivity contribution in [2.75, 3.05) is 38.0 Å². The molecule has 4 nitrogen and oxygen atoms in total. The zero-order valence-electron chi connectivity index (χ0n) is 10.5. The van der Waals surface area contributed by atoms with Crippen molar-refractivity contribution in [3.05, 3.63) is 18.5 Å². The minimum absolute atomic E-state index is 0.327. The average molecular weight is 223 g/mol. The first-order valence-corrected chi connectivity index (χ1v) is 5.55. The summed E-state index contributed by atoms with van der Waals surface area (Å²) in [5.74, 6) is 0. The number of aromatic nitrogens is 1. The summed E-state index contributed by atoms with van der Waals surface area (Å²) in [4.78, 5) is 6.22. The number of pyridine rings is 1. The van der Waals surface area contributed by atoms with Gasteiger partial charge in [-0.1, -0.05) is 6.92 Å². The SMILES string of the molecule is CCC(COC)Nc1cnccc1N(C)C. The molecule has 1 aromatic heterocycles. The largest absolute Gasteiger partial charge is 0.383 e. The third-order valence-electron chi connectivity index (χ3n) is 2.50. The van der Waals surface area contributed by atoms with Crippen LogP contribution in [0.3, 0.4) is 0 Å². The lowest BCUT2D eigenvalue weighted by Crippen LogP contribution is -2.25. The summed E-state index contributed by atoms with van der Waals surface area (Å²) in [6, 6.07) is 2.33. The molecular formula is C12H21N3O. The van der Waals surface area contributed by atoms with Crippen molar-refractivity contribution >= 4 is 11.4 Å². The molecule has 0 spiro atoms. The number of hydrogen-bond donors (Lipinski definition) is 1. The van der Waals surface area contributed by atoms with E-state index in [4.69, 9.17) is 4.74 Å². The molecule has 0 aliphatic carbocycles. The number of anilines is 2. The first kappa shape index (κ1) is 12.8. The summed E-state index contributed by atoms with van der Waals surface area (Å²) in [6.45, 7) is 2.85. The topological polar surface area (TPSA) is 37.4 Å². The van der Waals surface area contributed by atoms with Gasteiger partial charge in [0.25, 0.3) is 0 Å². The number of methoxy groups -OCH3 is 1. The molecule has 0 saturated heterocycles. The van der Waals surface area contributed by atoms with Gasteiger partial charge in [-0.05, 0) is 12.5 Å². The van der Waals surface area contributed by atoms with Gasteiger partial charge in [-0.2, -0.15) is 0 Å². The van der Waals surface area contributed by atoms with Gasteiger partial charge < -0.3 is 15.0 Å². The first-order chi connectivity index (χ1) is 7.69. The van der Waals surface area contributed by atoms with Crippen LogP contribution in [-0.2, 0) is 4.74 Å². The van der Waals surface area contributed by atoms with E-state index in [0.717, 1.165) is 17.8 Å². The average Bonchev–Trinajstić information content (AvgIpc) is 2.29. The van der Waals surface area contributed by atoms with Crippen molar-refractivity contribution in [2.24, 2.45) is 0 Å². The lowest BCUT2D eigenvalue weighted by atomic mass is 10.2. The van der Waals surface area contributed by atoms with Crippen molar-refractivity contribution in [3.63, 3.8) is 0 Å². The van der Waals surface area contributed by atoms with Crippen LogP contribution < -0.4 is 10.2 Å². The summed E-state index contributed by atoms with van der Waals surface area (Å²) >= 11 is 0. The standard InChI is InChI=1S/C12H21N3O/c1-5-10(9-16-4)14-11-8-13-7-6-12(11)15(2)3/h6-8,10,14H,5,9H2,1-4H3. The molecule has 1 aromatic rings. The van der Waals surface area contributed by atoms with E-state index in [9.17, 15) is 0 Å². The van der Waals surface area contributed by atoms with Gasteiger partial charge in [0.05, 0.1) is 24.2 Å². The van der Waals surface area contributed by atoms with Crippen LogP contribution in [0.2, 0.25) is 0 Å². The van der Waals surface area contributed by atoms with E-state index in [1.54, 1.807) is 13.3 Å². The molecule has 0 aliphatic rings. The van der Waals surface area contributed by atoms with Gasteiger partial charge >= 0.3 is 0 Å². The van der Waals surface area contributed by atoms with Crippen molar-refractivity contribution < 1.29 is 4.74 Å². The maximum absolute atomic E-state index is 5.17. The Bertz CT molecular complexity index is 315. The van der Waals surface area contributed by atoms with Crippen LogP contribution in [0.5, 0.6) is 0 Å². The Morgan fingerprint density at radius 3 is 2.81 bits per heavy atom. The molecular weight excluding hydrogens is 202 g/mol. The molecule has 1 heterocycles. The van der Waals surface area contributed by atoms with Gasteiger partial charge in [0.2, 0.25) is 0 Å². The van der Waals surface area contributed by atoms with Gasteiger partial charge in [0.1, 0.15) is 0 Å². The second kappa shape index (κ2) is 6.33. The summed E-state index contributed by atoms with van der Waals surface area (Å²) in [5, 5.41) is 3.45. The molecule has 0 saturated carbocycles. The molecule has 1 N–H and O–H groups in total. The van der Waals surface area contributed by atoms with E-state index in [1.807, 2.05) is 26.4 Å². The second-order valence-electron chi connectivity index (χ2n) is 3.99. The van der Waals surface area contributed by atoms with E-state index >= 15 is 0 Å². The Balaban J connectivity index is 2.78. The number of rotatable bonds is 6. The number of nitrogens with zero attached hydrogens (tertiary/aromatic N) is 2. The normalized spacial score (nSPS) is 12.2. The Kier molecular flexibility index (Phi) is 5.05. The zero-order valence-corrected chi connectivity index (χ0v) is 10.5. The highest BCUT2D eigenvalue weighted by Crippen LogP contribution is 2.23. The molecule has 0 radical (unpaired) electrons. The van der Waals surface area contributed by atoms with Crippen LogP contribution in [0.1, 0.15) is 13.3 Å². The van der Waals surface area contributed by atoms with Crippen LogP contribution in [0.25, 0.3) is 0 Å².